The second-order valence-corrected chi connectivity index (χ2v) is 6.01. The monoisotopic (exact) mass is 276 g/mol. The van der Waals surface area contributed by atoms with Gasteiger partial charge in [0.1, 0.15) is 0 Å². The van der Waals surface area contributed by atoms with Crippen molar-refractivity contribution in [2.45, 2.75) is 57.0 Å². The summed E-state index contributed by atoms with van der Waals surface area (Å²) >= 11 is 0. The van der Waals surface area contributed by atoms with Crippen molar-refractivity contribution in [2.75, 3.05) is 13.1 Å². The Labute approximate surface area is 120 Å². The molecule has 1 N–H and O–H groups in total. The van der Waals surface area contributed by atoms with E-state index < -0.39 is 0 Å². The van der Waals surface area contributed by atoms with Crippen molar-refractivity contribution in [3.8, 4) is 0 Å². The highest BCUT2D eigenvalue weighted by atomic mass is 16.2. The minimum Gasteiger partial charge on any atom is -0.335 e. The number of nitrogens with one attached hydrogen (secondary N) is 1. The van der Waals surface area contributed by atoms with E-state index in [4.69, 9.17) is 0 Å². The number of urea groups is 1. The van der Waals surface area contributed by atoms with Gasteiger partial charge in [-0.3, -0.25) is 4.68 Å². The predicted octanol–water partition coefficient (Wildman–Crippen LogP) is 2.56. The minimum absolute atomic E-state index is 0.117. The van der Waals surface area contributed by atoms with Gasteiger partial charge in [0.05, 0.1) is 6.04 Å². The van der Waals surface area contributed by atoms with Gasteiger partial charge in [0.25, 0.3) is 0 Å². The number of amides is 2. The molecule has 0 bridgehead atoms. The summed E-state index contributed by atoms with van der Waals surface area (Å²) in [5.74, 6) is 0. The fraction of sp³-hybridized carbons (Fsp3) is 0.733. The lowest BCUT2D eigenvalue weighted by Gasteiger charge is -2.22. The predicted molar refractivity (Wildman–Crippen MR) is 77.5 cm³/mol. The molecule has 1 aromatic heterocycles. The van der Waals surface area contributed by atoms with E-state index in [1.54, 1.807) is 6.20 Å². The van der Waals surface area contributed by atoms with E-state index >= 15 is 0 Å². The minimum atomic E-state index is 0.117. The molecule has 110 valence electrons. The van der Waals surface area contributed by atoms with Crippen LogP contribution in [0.15, 0.2) is 18.5 Å². The molecule has 5 nitrogen and oxygen atoms in total. The zero-order chi connectivity index (χ0) is 13.8. The summed E-state index contributed by atoms with van der Waals surface area (Å²) < 4.78 is 1.97. The van der Waals surface area contributed by atoms with E-state index in [1.165, 1.54) is 25.7 Å². The van der Waals surface area contributed by atoms with Crippen LogP contribution in [0.5, 0.6) is 0 Å². The smallest absolute Gasteiger partial charge is 0.317 e. The largest absolute Gasteiger partial charge is 0.335 e. The number of carbonyl (C=O) groups excluding carboxylic acids is 1. The lowest BCUT2D eigenvalue weighted by molar-refractivity contribution is 0.201. The Morgan fingerprint density at radius 2 is 1.95 bits per heavy atom. The van der Waals surface area contributed by atoms with Crippen LogP contribution in [0.3, 0.4) is 0 Å². The van der Waals surface area contributed by atoms with Crippen molar-refractivity contribution in [3.05, 3.63) is 18.5 Å². The number of hydrogen-bond donors (Lipinski definition) is 1. The first-order valence-electron chi connectivity index (χ1n) is 7.87. The zero-order valence-corrected chi connectivity index (χ0v) is 12.0. The number of hydrogen-bond acceptors (Lipinski definition) is 2. The molecular formula is C15H24N4O. The third kappa shape index (κ3) is 3.14. The molecule has 1 aliphatic heterocycles. The maximum Gasteiger partial charge on any atom is 0.317 e. The molecule has 1 atom stereocenters. The zero-order valence-electron chi connectivity index (χ0n) is 12.0. The summed E-state index contributed by atoms with van der Waals surface area (Å²) in [6, 6.07) is 2.78. The van der Waals surface area contributed by atoms with Crippen molar-refractivity contribution in [1.82, 2.24) is 20.0 Å². The van der Waals surface area contributed by atoms with E-state index in [0.717, 1.165) is 32.4 Å². The van der Waals surface area contributed by atoms with Gasteiger partial charge >= 0.3 is 6.03 Å². The highest BCUT2D eigenvalue weighted by molar-refractivity contribution is 5.74. The summed E-state index contributed by atoms with van der Waals surface area (Å²) in [5.41, 5.74) is 0. The van der Waals surface area contributed by atoms with E-state index in [0.29, 0.717) is 12.1 Å². The van der Waals surface area contributed by atoms with Crippen LogP contribution in [-0.2, 0) is 0 Å². The van der Waals surface area contributed by atoms with Crippen LogP contribution in [0, 0.1) is 0 Å². The topological polar surface area (TPSA) is 50.2 Å². The Morgan fingerprint density at radius 3 is 2.65 bits per heavy atom. The summed E-state index contributed by atoms with van der Waals surface area (Å²) in [6.45, 7) is 1.61. The van der Waals surface area contributed by atoms with Gasteiger partial charge in [-0.05, 0) is 25.3 Å². The standard InChI is InChI=1S/C15H24N4O/c20-15(17-13-6-3-1-2-4-7-13)18-11-8-14(12-18)19-10-5-9-16-19/h5,9-10,13-14H,1-4,6-8,11-12H2,(H,17,20). The van der Waals surface area contributed by atoms with Gasteiger partial charge < -0.3 is 10.2 Å². The van der Waals surface area contributed by atoms with Crippen LogP contribution in [-0.4, -0.2) is 39.8 Å². The highest BCUT2D eigenvalue weighted by Crippen LogP contribution is 2.22. The van der Waals surface area contributed by atoms with Gasteiger partial charge in [-0.1, -0.05) is 25.7 Å². The summed E-state index contributed by atoms with van der Waals surface area (Å²) in [5, 5.41) is 7.50. The van der Waals surface area contributed by atoms with Crippen LogP contribution in [0.2, 0.25) is 0 Å². The lowest BCUT2D eigenvalue weighted by atomic mass is 10.1. The van der Waals surface area contributed by atoms with Gasteiger partial charge in [0.2, 0.25) is 0 Å². The molecule has 1 aromatic rings. The SMILES string of the molecule is O=C(NC1CCCCCC1)N1CCC(n2cccn2)C1. The molecule has 5 heteroatoms. The first-order valence-corrected chi connectivity index (χ1v) is 7.87. The summed E-state index contributed by atoms with van der Waals surface area (Å²) in [6.07, 6.45) is 12.2. The fourth-order valence-corrected chi connectivity index (χ4v) is 3.33. The van der Waals surface area contributed by atoms with Gasteiger partial charge in [-0.25, -0.2) is 4.79 Å². The second-order valence-electron chi connectivity index (χ2n) is 6.01. The number of carbonyl (C=O) groups is 1. The Kier molecular flexibility index (Phi) is 4.23. The Bertz CT molecular complexity index is 423. The van der Waals surface area contributed by atoms with Crippen molar-refractivity contribution < 1.29 is 4.79 Å². The molecule has 0 radical (unpaired) electrons. The van der Waals surface area contributed by atoms with Gasteiger partial charge in [-0.15, -0.1) is 0 Å². The van der Waals surface area contributed by atoms with Gasteiger partial charge in [0, 0.05) is 31.5 Å². The van der Waals surface area contributed by atoms with Gasteiger partial charge in [-0.2, -0.15) is 5.10 Å². The van der Waals surface area contributed by atoms with E-state index in [9.17, 15) is 4.79 Å². The Balaban J connectivity index is 1.50. The van der Waals surface area contributed by atoms with Crippen LogP contribution < -0.4 is 5.32 Å². The molecule has 2 fully saturated rings. The molecule has 3 rings (SSSR count). The van der Waals surface area contributed by atoms with Crippen molar-refractivity contribution >= 4 is 6.03 Å². The molecular weight excluding hydrogens is 252 g/mol. The maximum atomic E-state index is 12.3. The Hall–Kier alpha value is -1.52. The average molecular weight is 276 g/mol. The summed E-state index contributed by atoms with van der Waals surface area (Å²) in [7, 11) is 0. The molecule has 1 aliphatic carbocycles. The number of nitrogens with zero attached hydrogens (tertiary/aromatic N) is 3. The van der Waals surface area contributed by atoms with E-state index in [2.05, 4.69) is 10.4 Å². The normalized spacial score (nSPS) is 24.6. The van der Waals surface area contributed by atoms with Crippen molar-refractivity contribution in [3.63, 3.8) is 0 Å². The third-order valence-electron chi connectivity index (χ3n) is 4.53. The maximum absolute atomic E-state index is 12.3. The average Bonchev–Trinajstić information content (AvgIpc) is 3.07. The fourth-order valence-electron chi connectivity index (χ4n) is 3.33. The number of likely N-dealkylation sites (tertiary alicyclic amines) is 1. The molecule has 1 saturated carbocycles. The van der Waals surface area contributed by atoms with E-state index in [1.807, 2.05) is 21.8 Å². The van der Waals surface area contributed by atoms with Gasteiger partial charge in [0.15, 0.2) is 0 Å². The molecule has 20 heavy (non-hydrogen) atoms. The molecule has 1 unspecified atom stereocenters. The van der Waals surface area contributed by atoms with Crippen LogP contribution in [0.25, 0.3) is 0 Å². The quantitative estimate of drug-likeness (QED) is 0.844. The molecule has 1 saturated heterocycles. The third-order valence-corrected chi connectivity index (χ3v) is 4.53. The molecule has 0 aromatic carbocycles. The summed E-state index contributed by atoms with van der Waals surface area (Å²) in [4.78, 5) is 14.3. The molecule has 2 amide bonds. The highest BCUT2D eigenvalue weighted by Gasteiger charge is 2.28. The van der Waals surface area contributed by atoms with Crippen LogP contribution in [0.4, 0.5) is 4.79 Å². The molecule has 0 spiro atoms. The van der Waals surface area contributed by atoms with Crippen LogP contribution in [0.1, 0.15) is 51.0 Å². The van der Waals surface area contributed by atoms with Crippen molar-refractivity contribution in [2.24, 2.45) is 0 Å². The van der Waals surface area contributed by atoms with E-state index in [-0.39, 0.29) is 6.03 Å². The van der Waals surface area contributed by atoms with Crippen molar-refractivity contribution in [1.29, 1.82) is 0 Å². The molecule has 2 heterocycles. The number of rotatable bonds is 2. The lowest BCUT2D eigenvalue weighted by Crippen LogP contribution is -2.43. The van der Waals surface area contributed by atoms with Crippen LogP contribution >= 0.6 is 0 Å². The second kappa shape index (κ2) is 6.29. The first kappa shape index (κ1) is 13.5. The first-order chi connectivity index (χ1) is 9.83. The molecule has 2 aliphatic rings. The Morgan fingerprint density at radius 1 is 1.15 bits per heavy atom. The number of aromatic nitrogens is 2.